The van der Waals surface area contributed by atoms with Crippen LogP contribution < -0.4 is 0 Å². The molecule has 0 bridgehead atoms. The fourth-order valence-electron chi connectivity index (χ4n) is 2.81. The first-order chi connectivity index (χ1) is 7.45. The summed E-state index contributed by atoms with van der Waals surface area (Å²) in [5, 5.41) is 10.7. The van der Waals surface area contributed by atoms with Gasteiger partial charge in [-0.2, -0.15) is 0 Å². The Morgan fingerprint density at radius 2 is 1.75 bits per heavy atom. The fourth-order valence-corrected chi connectivity index (χ4v) is 2.81. The quantitative estimate of drug-likeness (QED) is 0.803. The van der Waals surface area contributed by atoms with E-state index in [0.717, 1.165) is 31.2 Å². The van der Waals surface area contributed by atoms with Crippen LogP contribution in [0.15, 0.2) is 24.3 Å². The van der Waals surface area contributed by atoms with Gasteiger partial charge in [0.2, 0.25) is 0 Å². The van der Waals surface area contributed by atoms with Crippen LogP contribution in [0, 0.1) is 5.41 Å². The van der Waals surface area contributed by atoms with Crippen molar-refractivity contribution in [2.45, 2.75) is 52.1 Å². The molecule has 0 aliphatic heterocycles. The summed E-state index contributed by atoms with van der Waals surface area (Å²) < 4.78 is 0. The lowest BCUT2D eigenvalue weighted by Gasteiger charge is -2.25. The van der Waals surface area contributed by atoms with Crippen LogP contribution in [-0.4, -0.2) is 5.11 Å². The second-order valence-electron chi connectivity index (χ2n) is 5.92. The molecule has 0 aromatic heterocycles. The molecule has 1 atom stereocenters. The Morgan fingerprint density at radius 3 is 2.19 bits per heavy atom. The summed E-state index contributed by atoms with van der Waals surface area (Å²) in [6, 6.07) is 8.47. The van der Waals surface area contributed by atoms with E-state index in [1.807, 2.05) is 0 Å². The molecule has 16 heavy (non-hydrogen) atoms. The average molecular weight is 218 g/mol. The number of benzene rings is 1. The molecule has 1 aromatic rings. The van der Waals surface area contributed by atoms with Crippen LogP contribution in [0.1, 0.15) is 51.2 Å². The van der Waals surface area contributed by atoms with E-state index in [2.05, 4.69) is 45.0 Å². The third-order valence-electron chi connectivity index (χ3n) is 3.89. The van der Waals surface area contributed by atoms with Crippen molar-refractivity contribution in [2.24, 2.45) is 5.41 Å². The monoisotopic (exact) mass is 218 g/mol. The molecule has 0 heterocycles. The van der Waals surface area contributed by atoms with E-state index in [1.54, 1.807) is 0 Å². The maximum atomic E-state index is 10.7. The SMILES string of the molecule is CCc1ccc(C2(O)CCC(C)(C)C2)cc1. The highest BCUT2D eigenvalue weighted by Gasteiger charge is 2.42. The minimum absolute atomic E-state index is 0.276. The van der Waals surface area contributed by atoms with Crippen LogP contribution in [0.2, 0.25) is 0 Å². The van der Waals surface area contributed by atoms with Crippen LogP contribution in [0.4, 0.5) is 0 Å². The molecule has 1 heteroatoms. The van der Waals surface area contributed by atoms with Crippen LogP contribution in [0.25, 0.3) is 0 Å². The molecule has 0 radical (unpaired) electrons. The second-order valence-corrected chi connectivity index (χ2v) is 5.92. The summed E-state index contributed by atoms with van der Waals surface area (Å²) in [5.41, 5.74) is 2.12. The van der Waals surface area contributed by atoms with Crippen molar-refractivity contribution in [3.05, 3.63) is 35.4 Å². The van der Waals surface area contributed by atoms with Crippen molar-refractivity contribution in [2.75, 3.05) is 0 Å². The molecular weight excluding hydrogens is 196 g/mol. The Kier molecular flexibility index (Phi) is 2.83. The number of aryl methyl sites for hydroxylation is 1. The maximum Gasteiger partial charge on any atom is 0.0901 e. The molecule has 1 aliphatic carbocycles. The lowest BCUT2D eigenvalue weighted by atomic mass is 9.85. The predicted molar refractivity (Wildman–Crippen MR) is 67.3 cm³/mol. The molecule has 1 saturated carbocycles. The zero-order valence-corrected chi connectivity index (χ0v) is 10.6. The smallest absolute Gasteiger partial charge is 0.0901 e. The molecule has 2 rings (SSSR count). The van der Waals surface area contributed by atoms with E-state index in [0.29, 0.717) is 0 Å². The number of hydrogen-bond acceptors (Lipinski definition) is 1. The van der Waals surface area contributed by atoms with Crippen molar-refractivity contribution in [1.29, 1.82) is 0 Å². The van der Waals surface area contributed by atoms with Gasteiger partial charge in [0, 0.05) is 0 Å². The minimum Gasteiger partial charge on any atom is -0.385 e. The third-order valence-corrected chi connectivity index (χ3v) is 3.89. The van der Waals surface area contributed by atoms with Crippen molar-refractivity contribution in [1.82, 2.24) is 0 Å². The average Bonchev–Trinajstić information content (AvgIpc) is 2.54. The van der Waals surface area contributed by atoms with Gasteiger partial charge in [0.15, 0.2) is 0 Å². The zero-order valence-electron chi connectivity index (χ0n) is 10.6. The summed E-state index contributed by atoms with van der Waals surface area (Å²) in [4.78, 5) is 0. The lowest BCUT2D eigenvalue weighted by Crippen LogP contribution is -2.23. The number of hydrogen-bond donors (Lipinski definition) is 1. The van der Waals surface area contributed by atoms with Crippen molar-refractivity contribution < 1.29 is 5.11 Å². The van der Waals surface area contributed by atoms with Gasteiger partial charge in [-0.15, -0.1) is 0 Å². The van der Waals surface area contributed by atoms with Gasteiger partial charge in [-0.1, -0.05) is 45.0 Å². The fraction of sp³-hybridized carbons (Fsp3) is 0.600. The molecule has 0 spiro atoms. The molecule has 1 aromatic carbocycles. The first-order valence-electron chi connectivity index (χ1n) is 6.27. The van der Waals surface area contributed by atoms with Crippen LogP contribution in [0.3, 0.4) is 0 Å². The highest BCUT2D eigenvalue weighted by atomic mass is 16.3. The number of rotatable bonds is 2. The maximum absolute atomic E-state index is 10.7. The van der Waals surface area contributed by atoms with Crippen molar-refractivity contribution in [3.8, 4) is 0 Å². The standard InChI is InChI=1S/C15H22O/c1-4-12-5-7-13(8-6-12)15(16)10-9-14(2,3)11-15/h5-8,16H,4,9-11H2,1-3H3. The Morgan fingerprint density at radius 1 is 1.12 bits per heavy atom. The first kappa shape index (κ1) is 11.7. The lowest BCUT2D eigenvalue weighted by molar-refractivity contribution is 0.0338. The van der Waals surface area contributed by atoms with Crippen molar-refractivity contribution >= 4 is 0 Å². The van der Waals surface area contributed by atoms with Gasteiger partial charge in [-0.25, -0.2) is 0 Å². The summed E-state index contributed by atoms with van der Waals surface area (Å²) in [5.74, 6) is 0. The molecule has 1 nitrogen and oxygen atoms in total. The third kappa shape index (κ3) is 2.15. The summed E-state index contributed by atoms with van der Waals surface area (Å²) in [7, 11) is 0. The van der Waals surface area contributed by atoms with Gasteiger partial charge in [-0.3, -0.25) is 0 Å². The van der Waals surface area contributed by atoms with E-state index in [-0.39, 0.29) is 5.41 Å². The molecule has 0 amide bonds. The highest BCUT2D eigenvalue weighted by molar-refractivity contribution is 5.28. The molecule has 1 aliphatic rings. The minimum atomic E-state index is -0.588. The van der Waals surface area contributed by atoms with Gasteiger partial charge >= 0.3 is 0 Å². The van der Waals surface area contributed by atoms with Gasteiger partial charge in [-0.05, 0) is 42.2 Å². The molecule has 1 N–H and O–H groups in total. The van der Waals surface area contributed by atoms with E-state index >= 15 is 0 Å². The van der Waals surface area contributed by atoms with Crippen LogP contribution in [-0.2, 0) is 12.0 Å². The Hall–Kier alpha value is -0.820. The largest absolute Gasteiger partial charge is 0.385 e. The van der Waals surface area contributed by atoms with Gasteiger partial charge in [0.05, 0.1) is 5.60 Å². The Balaban J connectivity index is 2.23. The highest BCUT2D eigenvalue weighted by Crippen LogP contribution is 2.48. The van der Waals surface area contributed by atoms with Crippen LogP contribution >= 0.6 is 0 Å². The predicted octanol–water partition coefficient (Wildman–Crippen LogP) is 3.65. The normalized spacial score (nSPS) is 28.2. The number of aliphatic hydroxyl groups is 1. The molecule has 88 valence electrons. The molecule has 1 fully saturated rings. The van der Waals surface area contributed by atoms with E-state index in [1.165, 1.54) is 5.56 Å². The van der Waals surface area contributed by atoms with Gasteiger partial charge < -0.3 is 5.11 Å². The summed E-state index contributed by atoms with van der Waals surface area (Å²) in [6.45, 7) is 6.64. The Labute approximate surface area is 98.5 Å². The molecule has 1 unspecified atom stereocenters. The van der Waals surface area contributed by atoms with E-state index in [4.69, 9.17) is 0 Å². The van der Waals surface area contributed by atoms with E-state index in [9.17, 15) is 5.11 Å². The zero-order chi connectivity index (χ0) is 11.8. The summed E-state index contributed by atoms with van der Waals surface area (Å²) >= 11 is 0. The van der Waals surface area contributed by atoms with E-state index < -0.39 is 5.60 Å². The molecular formula is C15H22O. The van der Waals surface area contributed by atoms with Crippen molar-refractivity contribution in [3.63, 3.8) is 0 Å². The topological polar surface area (TPSA) is 20.2 Å². The molecule has 0 saturated heterocycles. The van der Waals surface area contributed by atoms with Crippen LogP contribution in [0.5, 0.6) is 0 Å². The second kappa shape index (κ2) is 3.89. The van der Waals surface area contributed by atoms with Gasteiger partial charge in [0.25, 0.3) is 0 Å². The van der Waals surface area contributed by atoms with Gasteiger partial charge in [0.1, 0.15) is 0 Å². The summed E-state index contributed by atoms with van der Waals surface area (Å²) in [6.07, 6.45) is 3.94. The first-order valence-corrected chi connectivity index (χ1v) is 6.27. The Bertz CT molecular complexity index is 364.